The molecular formula is C23H27NO4S. The lowest BCUT2D eigenvalue weighted by Gasteiger charge is -2.27. The highest BCUT2D eigenvalue weighted by atomic mass is 32.2. The molecule has 0 heterocycles. The molecule has 0 fully saturated rings. The molecule has 0 saturated carbocycles. The van der Waals surface area contributed by atoms with Gasteiger partial charge in [0.2, 0.25) is 0 Å². The van der Waals surface area contributed by atoms with Crippen LogP contribution in [-0.4, -0.2) is 52.8 Å². The predicted octanol–water partition coefficient (Wildman–Crippen LogP) is 4.85. The van der Waals surface area contributed by atoms with Crippen molar-refractivity contribution in [2.24, 2.45) is 0 Å². The molecule has 5 nitrogen and oxygen atoms in total. The highest BCUT2D eigenvalue weighted by Crippen LogP contribution is 2.44. The van der Waals surface area contributed by atoms with Crippen molar-refractivity contribution in [3.63, 3.8) is 0 Å². The Hall–Kier alpha value is -2.47. The molecule has 1 unspecified atom stereocenters. The van der Waals surface area contributed by atoms with Crippen LogP contribution in [0.25, 0.3) is 11.1 Å². The van der Waals surface area contributed by atoms with E-state index in [-0.39, 0.29) is 12.5 Å². The van der Waals surface area contributed by atoms with Gasteiger partial charge in [0.05, 0.1) is 0 Å². The Bertz CT molecular complexity index is 824. The smallest absolute Gasteiger partial charge is 0.410 e. The van der Waals surface area contributed by atoms with Crippen molar-refractivity contribution < 1.29 is 19.4 Å². The van der Waals surface area contributed by atoms with E-state index in [4.69, 9.17) is 4.74 Å². The minimum absolute atomic E-state index is 0.0380. The monoisotopic (exact) mass is 413 g/mol. The molecule has 1 atom stereocenters. The highest BCUT2D eigenvalue weighted by Gasteiger charge is 2.32. The Kier molecular flexibility index (Phi) is 7.20. The van der Waals surface area contributed by atoms with E-state index in [1.165, 1.54) is 4.90 Å². The standard InChI is InChI=1S/C23H27NO4S/c1-3-24(21(22(25)26)13-14-29-4-2)23(27)28-15-20-18-11-7-5-9-16(18)17-10-6-8-12-19(17)20/h5-12,20-21H,3-4,13-15H2,1-2H3,(H,25,26). The van der Waals surface area contributed by atoms with E-state index in [1.807, 2.05) is 31.2 Å². The van der Waals surface area contributed by atoms with Crippen molar-refractivity contribution in [2.45, 2.75) is 32.2 Å². The van der Waals surface area contributed by atoms with E-state index in [9.17, 15) is 14.7 Å². The topological polar surface area (TPSA) is 66.8 Å². The van der Waals surface area contributed by atoms with E-state index in [1.54, 1.807) is 18.7 Å². The van der Waals surface area contributed by atoms with Crippen LogP contribution in [0, 0.1) is 0 Å². The third-order valence-electron chi connectivity index (χ3n) is 5.31. The largest absolute Gasteiger partial charge is 0.480 e. The number of likely N-dealkylation sites (N-methyl/N-ethyl adjacent to an activating group) is 1. The molecule has 0 aromatic heterocycles. The van der Waals surface area contributed by atoms with Crippen LogP contribution in [0.1, 0.15) is 37.3 Å². The molecule has 3 rings (SSSR count). The van der Waals surface area contributed by atoms with Crippen LogP contribution in [0.15, 0.2) is 48.5 Å². The predicted molar refractivity (Wildman–Crippen MR) is 116 cm³/mol. The van der Waals surface area contributed by atoms with Gasteiger partial charge in [0.15, 0.2) is 0 Å². The first-order valence-corrected chi connectivity index (χ1v) is 11.2. The molecule has 2 aromatic carbocycles. The number of carbonyl (C=O) groups is 2. The van der Waals surface area contributed by atoms with E-state index in [0.29, 0.717) is 18.7 Å². The summed E-state index contributed by atoms with van der Waals surface area (Å²) >= 11 is 1.67. The Labute approximate surface area is 176 Å². The molecule has 29 heavy (non-hydrogen) atoms. The summed E-state index contributed by atoms with van der Waals surface area (Å²) in [6.45, 7) is 4.30. The van der Waals surface area contributed by atoms with Gasteiger partial charge >= 0.3 is 12.1 Å². The second-order valence-corrected chi connectivity index (χ2v) is 8.32. The number of amides is 1. The first kappa shape index (κ1) is 21.2. The average Bonchev–Trinajstić information content (AvgIpc) is 3.05. The molecule has 0 spiro atoms. The molecule has 1 N–H and O–H groups in total. The van der Waals surface area contributed by atoms with Crippen LogP contribution in [0.5, 0.6) is 0 Å². The lowest BCUT2D eigenvalue weighted by Crippen LogP contribution is -2.45. The molecule has 154 valence electrons. The van der Waals surface area contributed by atoms with Crippen LogP contribution < -0.4 is 0 Å². The van der Waals surface area contributed by atoms with Crippen molar-refractivity contribution in [2.75, 3.05) is 24.7 Å². The van der Waals surface area contributed by atoms with Gasteiger partial charge in [-0.3, -0.25) is 4.90 Å². The Balaban J connectivity index is 1.73. The lowest BCUT2D eigenvalue weighted by atomic mass is 9.98. The number of aliphatic carboxylic acids is 1. The molecule has 0 bridgehead atoms. The number of fused-ring (bicyclic) bond motifs is 3. The van der Waals surface area contributed by atoms with E-state index >= 15 is 0 Å². The maximum Gasteiger partial charge on any atom is 0.410 e. The number of benzene rings is 2. The quantitative estimate of drug-likeness (QED) is 0.595. The van der Waals surface area contributed by atoms with Gasteiger partial charge in [-0.15, -0.1) is 0 Å². The fraction of sp³-hybridized carbons (Fsp3) is 0.391. The summed E-state index contributed by atoms with van der Waals surface area (Å²) in [5, 5.41) is 9.60. The van der Waals surface area contributed by atoms with Gasteiger partial charge < -0.3 is 9.84 Å². The van der Waals surface area contributed by atoms with Crippen LogP contribution in [0.3, 0.4) is 0 Å². The van der Waals surface area contributed by atoms with Crippen LogP contribution in [-0.2, 0) is 9.53 Å². The second-order valence-electron chi connectivity index (χ2n) is 6.93. The van der Waals surface area contributed by atoms with Crippen LogP contribution >= 0.6 is 11.8 Å². The molecule has 2 aromatic rings. The normalized spacial score (nSPS) is 13.4. The number of hydrogen-bond acceptors (Lipinski definition) is 4. The molecule has 1 amide bonds. The second kappa shape index (κ2) is 9.83. The summed E-state index contributed by atoms with van der Waals surface area (Å²) in [6.07, 6.45) is -0.158. The zero-order valence-corrected chi connectivity index (χ0v) is 17.7. The number of hydrogen-bond donors (Lipinski definition) is 1. The van der Waals surface area contributed by atoms with E-state index in [0.717, 1.165) is 28.0 Å². The minimum Gasteiger partial charge on any atom is -0.480 e. The van der Waals surface area contributed by atoms with Gasteiger partial charge in [0.1, 0.15) is 12.6 Å². The van der Waals surface area contributed by atoms with Crippen LogP contribution in [0.2, 0.25) is 0 Å². The summed E-state index contributed by atoms with van der Waals surface area (Å²) in [5.74, 6) is 0.588. The molecule has 6 heteroatoms. The zero-order chi connectivity index (χ0) is 20.8. The van der Waals surface area contributed by atoms with Gasteiger partial charge in [-0.25, -0.2) is 9.59 Å². The fourth-order valence-electron chi connectivity index (χ4n) is 3.91. The Morgan fingerprint density at radius 3 is 2.17 bits per heavy atom. The van der Waals surface area contributed by atoms with Crippen molar-refractivity contribution in [3.05, 3.63) is 59.7 Å². The average molecular weight is 414 g/mol. The third-order valence-corrected chi connectivity index (χ3v) is 6.24. The highest BCUT2D eigenvalue weighted by molar-refractivity contribution is 7.99. The fourth-order valence-corrected chi connectivity index (χ4v) is 4.58. The molecule has 1 aliphatic carbocycles. The molecule has 1 aliphatic rings. The maximum atomic E-state index is 12.8. The van der Waals surface area contributed by atoms with E-state index in [2.05, 4.69) is 24.3 Å². The number of ether oxygens (including phenoxy) is 1. The van der Waals surface area contributed by atoms with Crippen LogP contribution in [0.4, 0.5) is 4.79 Å². The van der Waals surface area contributed by atoms with Gasteiger partial charge in [-0.1, -0.05) is 55.5 Å². The zero-order valence-electron chi connectivity index (χ0n) is 16.8. The summed E-state index contributed by atoms with van der Waals surface area (Å²) in [5.41, 5.74) is 4.60. The number of rotatable bonds is 9. The van der Waals surface area contributed by atoms with Crippen molar-refractivity contribution in [1.29, 1.82) is 0 Å². The first-order valence-electron chi connectivity index (χ1n) is 10.0. The first-order chi connectivity index (χ1) is 14.1. The molecule has 0 radical (unpaired) electrons. The number of carboxylic acid groups (broad SMARTS) is 1. The van der Waals surface area contributed by atoms with Gasteiger partial charge in [-0.2, -0.15) is 11.8 Å². The van der Waals surface area contributed by atoms with Gasteiger partial charge in [0.25, 0.3) is 0 Å². The maximum absolute atomic E-state index is 12.8. The summed E-state index contributed by atoms with van der Waals surface area (Å²) in [7, 11) is 0. The SMILES string of the molecule is CCSCCC(C(=O)O)N(CC)C(=O)OCC1c2ccccc2-c2ccccc21. The number of nitrogens with zero attached hydrogens (tertiary/aromatic N) is 1. The summed E-state index contributed by atoms with van der Waals surface area (Å²) in [6, 6.07) is 15.4. The van der Waals surface area contributed by atoms with E-state index < -0.39 is 18.1 Å². The summed E-state index contributed by atoms with van der Waals surface area (Å²) < 4.78 is 5.65. The van der Waals surface area contributed by atoms with Crippen molar-refractivity contribution >= 4 is 23.8 Å². The molecular weight excluding hydrogens is 386 g/mol. The number of thioether (sulfide) groups is 1. The summed E-state index contributed by atoms with van der Waals surface area (Å²) in [4.78, 5) is 25.8. The van der Waals surface area contributed by atoms with Gasteiger partial charge in [0, 0.05) is 12.5 Å². The van der Waals surface area contributed by atoms with Crippen molar-refractivity contribution in [3.8, 4) is 11.1 Å². The van der Waals surface area contributed by atoms with Gasteiger partial charge in [-0.05, 0) is 47.1 Å². The lowest BCUT2D eigenvalue weighted by molar-refractivity contribution is -0.142. The molecule has 0 aliphatic heterocycles. The Morgan fingerprint density at radius 1 is 1.07 bits per heavy atom. The van der Waals surface area contributed by atoms with Crippen molar-refractivity contribution in [1.82, 2.24) is 4.90 Å². The molecule has 0 saturated heterocycles. The third kappa shape index (κ3) is 4.58. The minimum atomic E-state index is -0.989. The Morgan fingerprint density at radius 2 is 1.66 bits per heavy atom. The number of carboxylic acids is 1. The number of carbonyl (C=O) groups excluding carboxylic acids is 1.